The third kappa shape index (κ3) is 2.64. The number of hydrogen-bond donors (Lipinski definition) is 0. The number of halogens is 2. The standard InChI is InChI=1S/C20H14BrFN2OS/c21-19-10-9-18(26-19)15-11-16-14-3-1-2-4-17(14)25-20(24(16)23-15)12-5-7-13(22)8-6-12/h1-10,16,20H,11H2/t16-,20-/m0/s1. The summed E-state index contributed by atoms with van der Waals surface area (Å²) in [6, 6.07) is 18.8. The molecule has 0 saturated carbocycles. The zero-order chi connectivity index (χ0) is 17.7. The number of fused-ring (bicyclic) bond motifs is 3. The molecule has 2 aromatic carbocycles. The van der Waals surface area contributed by atoms with Crippen molar-refractivity contribution in [2.24, 2.45) is 5.10 Å². The van der Waals surface area contributed by atoms with Gasteiger partial charge in [0.15, 0.2) is 0 Å². The Morgan fingerprint density at radius 1 is 1.08 bits per heavy atom. The van der Waals surface area contributed by atoms with Gasteiger partial charge in [0.25, 0.3) is 0 Å². The fraction of sp³-hybridized carbons (Fsp3) is 0.150. The van der Waals surface area contributed by atoms with Crippen LogP contribution in [0.25, 0.3) is 0 Å². The minimum Gasteiger partial charge on any atom is -0.464 e. The van der Waals surface area contributed by atoms with Gasteiger partial charge in [-0.1, -0.05) is 30.3 Å². The van der Waals surface area contributed by atoms with Gasteiger partial charge in [-0.3, -0.25) is 0 Å². The first-order valence-corrected chi connectivity index (χ1v) is 9.92. The summed E-state index contributed by atoms with van der Waals surface area (Å²) in [4.78, 5) is 1.15. The number of para-hydroxylation sites is 1. The third-order valence-corrected chi connectivity index (χ3v) is 6.38. The van der Waals surface area contributed by atoms with Crippen molar-refractivity contribution >= 4 is 33.0 Å². The molecular formula is C20H14BrFN2OS. The molecule has 0 amide bonds. The van der Waals surface area contributed by atoms with E-state index in [0.717, 1.165) is 37.7 Å². The van der Waals surface area contributed by atoms with Gasteiger partial charge in [-0.2, -0.15) is 5.10 Å². The second kappa shape index (κ2) is 6.21. The molecule has 0 spiro atoms. The molecule has 26 heavy (non-hydrogen) atoms. The minimum atomic E-state index is -0.364. The van der Waals surface area contributed by atoms with Crippen molar-refractivity contribution in [3.8, 4) is 5.75 Å². The zero-order valence-electron chi connectivity index (χ0n) is 13.6. The Kier molecular flexibility index (Phi) is 3.83. The Labute approximate surface area is 162 Å². The number of hydrazone groups is 1. The van der Waals surface area contributed by atoms with Gasteiger partial charge in [-0.15, -0.1) is 11.3 Å². The molecule has 3 aromatic rings. The Morgan fingerprint density at radius 2 is 1.88 bits per heavy atom. The Bertz CT molecular complexity index is 1000. The average molecular weight is 429 g/mol. The second-order valence-corrected chi connectivity index (χ2v) is 8.77. The van der Waals surface area contributed by atoms with E-state index in [1.165, 1.54) is 12.1 Å². The molecule has 0 unspecified atom stereocenters. The Balaban J connectivity index is 1.59. The van der Waals surface area contributed by atoms with E-state index in [9.17, 15) is 4.39 Å². The number of rotatable bonds is 2. The van der Waals surface area contributed by atoms with Gasteiger partial charge in [0, 0.05) is 17.5 Å². The molecule has 0 radical (unpaired) electrons. The average Bonchev–Trinajstić information content (AvgIpc) is 3.28. The first-order valence-electron chi connectivity index (χ1n) is 8.31. The van der Waals surface area contributed by atoms with Crippen LogP contribution in [0.15, 0.2) is 69.6 Å². The first-order chi connectivity index (χ1) is 12.7. The van der Waals surface area contributed by atoms with Crippen LogP contribution in [0.4, 0.5) is 4.39 Å². The van der Waals surface area contributed by atoms with Crippen LogP contribution in [0.5, 0.6) is 5.75 Å². The second-order valence-electron chi connectivity index (χ2n) is 6.31. The molecule has 6 heteroatoms. The normalized spacial score (nSPS) is 21.0. The van der Waals surface area contributed by atoms with Gasteiger partial charge >= 0.3 is 0 Å². The first kappa shape index (κ1) is 16.0. The summed E-state index contributed by atoms with van der Waals surface area (Å²) in [5.41, 5.74) is 3.08. The fourth-order valence-corrected chi connectivity index (χ4v) is 4.88. The number of hydrogen-bond acceptors (Lipinski definition) is 4. The molecular weight excluding hydrogens is 415 g/mol. The highest BCUT2D eigenvalue weighted by molar-refractivity contribution is 9.11. The molecule has 0 saturated heterocycles. The van der Waals surface area contributed by atoms with E-state index in [2.05, 4.69) is 28.1 Å². The van der Waals surface area contributed by atoms with Crippen molar-refractivity contribution in [3.05, 3.63) is 86.3 Å². The lowest BCUT2D eigenvalue weighted by atomic mass is 9.98. The van der Waals surface area contributed by atoms with Gasteiger partial charge < -0.3 is 4.74 Å². The van der Waals surface area contributed by atoms with Crippen LogP contribution in [0.1, 0.15) is 34.7 Å². The lowest BCUT2D eigenvalue weighted by Crippen LogP contribution is -2.33. The van der Waals surface area contributed by atoms with Crippen molar-refractivity contribution in [2.45, 2.75) is 18.7 Å². The van der Waals surface area contributed by atoms with Crippen molar-refractivity contribution in [3.63, 3.8) is 0 Å². The van der Waals surface area contributed by atoms with Gasteiger partial charge in [0.1, 0.15) is 11.6 Å². The summed E-state index contributed by atoms with van der Waals surface area (Å²) >= 11 is 5.21. The van der Waals surface area contributed by atoms with Crippen molar-refractivity contribution in [1.82, 2.24) is 5.01 Å². The highest BCUT2D eigenvalue weighted by Gasteiger charge is 2.41. The van der Waals surface area contributed by atoms with Gasteiger partial charge in [-0.05, 0) is 46.3 Å². The number of ether oxygens (including phenoxy) is 1. The quantitative estimate of drug-likeness (QED) is 0.507. The van der Waals surface area contributed by atoms with Gasteiger partial charge in [-0.25, -0.2) is 9.40 Å². The zero-order valence-corrected chi connectivity index (χ0v) is 16.0. The molecule has 1 aromatic heterocycles. The lowest BCUT2D eigenvalue weighted by Gasteiger charge is -2.38. The number of benzene rings is 2. The summed E-state index contributed by atoms with van der Waals surface area (Å²) in [5, 5.41) is 6.91. The van der Waals surface area contributed by atoms with Crippen LogP contribution >= 0.6 is 27.3 Å². The van der Waals surface area contributed by atoms with Crippen molar-refractivity contribution in [2.75, 3.05) is 0 Å². The van der Waals surface area contributed by atoms with Gasteiger partial charge in [0.2, 0.25) is 6.23 Å². The van der Waals surface area contributed by atoms with Crippen LogP contribution in [0.3, 0.4) is 0 Å². The van der Waals surface area contributed by atoms with Crippen LogP contribution in [-0.4, -0.2) is 10.7 Å². The molecule has 3 heterocycles. The Morgan fingerprint density at radius 3 is 2.65 bits per heavy atom. The summed E-state index contributed by atoms with van der Waals surface area (Å²) in [5.74, 6) is 0.613. The number of thiophene rings is 1. The summed E-state index contributed by atoms with van der Waals surface area (Å²) in [6.45, 7) is 0. The van der Waals surface area contributed by atoms with E-state index < -0.39 is 0 Å². The van der Waals surface area contributed by atoms with E-state index in [4.69, 9.17) is 9.84 Å². The van der Waals surface area contributed by atoms with E-state index in [1.54, 1.807) is 23.5 Å². The monoisotopic (exact) mass is 428 g/mol. The predicted octanol–water partition coefficient (Wildman–Crippen LogP) is 5.89. The topological polar surface area (TPSA) is 24.8 Å². The Hall–Kier alpha value is -2.18. The van der Waals surface area contributed by atoms with E-state index in [-0.39, 0.29) is 18.1 Å². The lowest BCUT2D eigenvalue weighted by molar-refractivity contribution is -0.0190. The maximum Gasteiger partial charge on any atom is 0.213 e. The minimum absolute atomic E-state index is 0.117. The van der Waals surface area contributed by atoms with Crippen molar-refractivity contribution < 1.29 is 9.13 Å². The molecule has 2 aliphatic rings. The fourth-order valence-electron chi connectivity index (χ4n) is 3.50. The summed E-state index contributed by atoms with van der Waals surface area (Å²) in [7, 11) is 0. The molecule has 2 aliphatic heterocycles. The highest BCUT2D eigenvalue weighted by atomic mass is 79.9. The molecule has 130 valence electrons. The summed E-state index contributed by atoms with van der Waals surface area (Å²) in [6.07, 6.45) is 0.460. The van der Waals surface area contributed by atoms with Crippen LogP contribution in [0, 0.1) is 5.82 Å². The van der Waals surface area contributed by atoms with Crippen molar-refractivity contribution in [1.29, 1.82) is 0 Å². The predicted molar refractivity (Wildman–Crippen MR) is 104 cm³/mol. The molecule has 0 fully saturated rings. The smallest absolute Gasteiger partial charge is 0.213 e. The van der Waals surface area contributed by atoms with Crippen LogP contribution in [-0.2, 0) is 0 Å². The van der Waals surface area contributed by atoms with Gasteiger partial charge in [0.05, 0.1) is 20.4 Å². The molecule has 0 N–H and O–H groups in total. The third-order valence-electron chi connectivity index (χ3n) is 4.71. The molecule has 3 nitrogen and oxygen atoms in total. The summed E-state index contributed by atoms with van der Waals surface area (Å²) < 4.78 is 20.7. The van der Waals surface area contributed by atoms with Crippen LogP contribution < -0.4 is 4.74 Å². The van der Waals surface area contributed by atoms with E-state index in [0.29, 0.717) is 0 Å². The van der Waals surface area contributed by atoms with Crippen LogP contribution in [0.2, 0.25) is 0 Å². The molecule has 0 bridgehead atoms. The molecule has 0 aliphatic carbocycles. The molecule has 5 rings (SSSR count). The molecule has 2 atom stereocenters. The highest BCUT2D eigenvalue weighted by Crippen LogP contribution is 2.47. The van der Waals surface area contributed by atoms with E-state index >= 15 is 0 Å². The maximum atomic E-state index is 13.4. The van der Waals surface area contributed by atoms with E-state index in [1.807, 2.05) is 29.3 Å². The SMILES string of the molecule is Fc1ccc([C@@H]2Oc3ccccc3[C@@H]3CC(c4ccc(Br)s4)=NN32)cc1. The number of nitrogens with zero attached hydrogens (tertiary/aromatic N) is 2. The largest absolute Gasteiger partial charge is 0.464 e. The maximum absolute atomic E-state index is 13.4.